The Morgan fingerprint density at radius 3 is 1.31 bits per heavy atom. The summed E-state index contributed by atoms with van der Waals surface area (Å²) >= 11 is 0. The number of nitrogens with zero attached hydrogens (tertiary/aromatic N) is 1. The number of rotatable bonds is 52. The zero-order chi connectivity index (χ0) is 51.3. The Morgan fingerprint density at radius 2 is 0.871 bits per heavy atom. The highest BCUT2D eigenvalue weighted by Gasteiger charge is 2.27. The molecule has 1 amide bonds. The minimum atomic E-state index is -4.36. The molecule has 0 aliphatic rings. The standard InChI is InChI=1S/C61H111N2O6P/c1-6-8-10-12-14-16-18-20-22-24-26-28-30-31-33-35-37-39-41-43-45-47-49-51-53-55-61(65)62-59(58-69-70(66,67)68-57-56-63(3,4)5)60(64)54-52-50-48-46-44-42-40-38-36-34-32-29-27-25-23-21-19-17-15-13-11-9-7-2/h8,10,14,16,20,22,26,28,36,38,44,46,52,54,59-60,64H,6-7,9,11-13,15,17-19,21,23-25,27,29-35,37,39-43,45,47-51,53,55-58H2,1-5H3,(H-,62,65,66,67)/p+1/b10-8-,16-14-,22-20-,28-26-,38-36+,46-44+,54-52+. The number of likely N-dealkylation sites (N-methyl/N-ethyl adjacent to an activating group) is 1. The first-order valence-electron chi connectivity index (χ1n) is 29.0. The lowest BCUT2D eigenvalue weighted by atomic mass is 10.0. The van der Waals surface area contributed by atoms with E-state index in [1.165, 1.54) is 154 Å². The van der Waals surface area contributed by atoms with Gasteiger partial charge in [0.25, 0.3) is 0 Å². The third kappa shape index (κ3) is 53.5. The van der Waals surface area contributed by atoms with Crippen LogP contribution in [0.25, 0.3) is 0 Å². The van der Waals surface area contributed by atoms with Gasteiger partial charge in [-0.2, -0.15) is 0 Å². The molecule has 0 aromatic heterocycles. The number of phosphoric ester groups is 1. The Morgan fingerprint density at radius 1 is 0.500 bits per heavy atom. The Labute approximate surface area is 433 Å². The van der Waals surface area contributed by atoms with E-state index in [1.807, 2.05) is 27.2 Å². The highest BCUT2D eigenvalue weighted by Crippen LogP contribution is 2.43. The molecule has 3 atom stereocenters. The van der Waals surface area contributed by atoms with Crippen LogP contribution >= 0.6 is 7.82 Å². The average molecular weight is 1000 g/mol. The molecule has 0 rings (SSSR count). The van der Waals surface area contributed by atoms with Crippen molar-refractivity contribution in [2.24, 2.45) is 0 Å². The Hall–Kier alpha value is -2.32. The van der Waals surface area contributed by atoms with Crippen molar-refractivity contribution in [1.82, 2.24) is 5.32 Å². The van der Waals surface area contributed by atoms with Crippen molar-refractivity contribution >= 4 is 13.7 Å². The molecule has 9 heteroatoms. The number of hydrogen-bond acceptors (Lipinski definition) is 5. The maximum absolute atomic E-state index is 13.0. The molecular formula is C61H112N2O6P+. The number of hydrogen-bond donors (Lipinski definition) is 3. The second kappa shape index (κ2) is 51.6. The molecular weight excluding hydrogens is 888 g/mol. The van der Waals surface area contributed by atoms with Gasteiger partial charge in [0.2, 0.25) is 5.91 Å². The molecule has 0 radical (unpaired) electrons. The molecule has 3 N–H and O–H groups in total. The fraction of sp³-hybridized carbons (Fsp3) is 0.754. The van der Waals surface area contributed by atoms with E-state index >= 15 is 0 Å². The highest BCUT2D eigenvalue weighted by molar-refractivity contribution is 7.47. The van der Waals surface area contributed by atoms with Crippen molar-refractivity contribution in [3.63, 3.8) is 0 Å². The van der Waals surface area contributed by atoms with E-state index in [4.69, 9.17) is 9.05 Å². The number of phosphoric acid groups is 1. The van der Waals surface area contributed by atoms with Crippen molar-refractivity contribution < 1.29 is 32.9 Å². The maximum Gasteiger partial charge on any atom is 0.472 e. The molecule has 0 fully saturated rings. The van der Waals surface area contributed by atoms with Crippen LogP contribution in [0.4, 0.5) is 0 Å². The van der Waals surface area contributed by atoms with Crippen molar-refractivity contribution in [1.29, 1.82) is 0 Å². The largest absolute Gasteiger partial charge is 0.472 e. The van der Waals surface area contributed by atoms with Crippen molar-refractivity contribution in [3.05, 3.63) is 85.1 Å². The van der Waals surface area contributed by atoms with Crippen LogP contribution in [-0.2, 0) is 18.4 Å². The van der Waals surface area contributed by atoms with Crippen molar-refractivity contribution in [3.8, 4) is 0 Å². The third-order valence-electron chi connectivity index (χ3n) is 12.6. The summed E-state index contributed by atoms with van der Waals surface area (Å²) in [6, 6.07) is -0.876. The molecule has 70 heavy (non-hydrogen) atoms. The summed E-state index contributed by atoms with van der Waals surface area (Å²) < 4.78 is 23.7. The lowest BCUT2D eigenvalue weighted by Crippen LogP contribution is -2.45. The molecule has 0 bridgehead atoms. The van der Waals surface area contributed by atoms with Gasteiger partial charge in [-0.05, 0) is 83.5 Å². The number of carbonyl (C=O) groups is 1. The Balaban J connectivity index is 4.29. The molecule has 406 valence electrons. The highest BCUT2D eigenvalue weighted by atomic mass is 31.2. The van der Waals surface area contributed by atoms with Gasteiger partial charge in [-0.15, -0.1) is 0 Å². The molecule has 0 aromatic rings. The molecule has 3 unspecified atom stereocenters. The number of quaternary nitrogens is 1. The minimum absolute atomic E-state index is 0.0499. The van der Waals surface area contributed by atoms with Gasteiger partial charge in [-0.25, -0.2) is 4.57 Å². The number of amides is 1. The molecule has 0 spiro atoms. The van der Waals surface area contributed by atoms with E-state index in [-0.39, 0.29) is 19.1 Å². The molecule has 0 saturated heterocycles. The first kappa shape index (κ1) is 67.7. The summed E-state index contributed by atoms with van der Waals surface area (Å²) in [4.78, 5) is 23.3. The number of aliphatic hydroxyl groups is 1. The van der Waals surface area contributed by atoms with Crippen LogP contribution < -0.4 is 5.32 Å². The van der Waals surface area contributed by atoms with E-state index in [0.717, 1.165) is 70.6 Å². The Kier molecular flexibility index (Phi) is 49.9. The zero-order valence-corrected chi connectivity index (χ0v) is 47.1. The molecule has 0 saturated carbocycles. The lowest BCUT2D eigenvalue weighted by Gasteiger charge is -2.25. The second-order valence-corrected chi connectivity index (χ2v) is 22.1. The zero-order valence-electron chi connectivity index (χ0n) is 46.2. The maximum atomic E-state index is 13.0. The van der Waals surface area contributed by atoms with Gasteiger partial charge in [0, 0.05) is 6.42 Å². The van der Waals surface area contributed by atoms with Crippen LogP contribution in [0.2, 0.25) is 0 Å². The van der Waals surface area contributed by atoms with Gasteiger partial charge >= 0.3 is 7.82 Å². The number of carbonyl (C=O) groups excluding carboxylic acids is 1. The van der Waals surface area contributed by atoms with Crippen LogP contribution in [0.15, 0.2) is 85.1 Å². The number of allylic oxidation sites excluding steroid dienone is 13. The van der Waals surface area contributed by atoms with Crippen LogP contribution in [0.5, 0.6) is 0 Å². The van der Waals surface area contributed by atoms with E-state index in [0.29, 0.717) is 17.4 Å². The summed E-state index contributed by atoms with van der Waals surface area (Å²) in [5, 5.41) is 13.9. The number of unbranched alkanes of at least 4 members (excludes halogenated alkanes) is 27. The number of aliphatic hydroxyl groups excluding tert-OH is 1. The first-order valence-corrected chi connectivity index (χ1v) is 30.5. The summed E-state index contributed by atoms with van der Waals surface area (Å²) in [6.45, 7) is 4.68. The fourth-order valence-corrected chi connectivity index (χ4v) is 8.80. The molecule has 0 aliphatic carbocycles. The number of nitrogens with one attached hydrogen (secondary N) is 1. The molecule has 0 aliphatic heterocycles. The summed E-state index contributed by atoms with van der Waals surface area (Å²) in [6.07, 6.45) is 72.6. The summed E-state index contributed by atoms with van der Waals surface area (Å²) in [5.74, 6) is -0.195. The predicted molar refractivity (Wildman–Crippen MR) is 304 cm³/mol. The second-order valence-electron chi connectivity index (χ2n) is 20.6. The van der Waals surface area contributed by atoms with Gasteiger partial charge < -0.3 is 19.8 Å². The quantitative estimate of drug-likeness (QED) is 0.0243. The van der Waals surface area contributed by atoms with Gasteiger partial charge in [-0.3, -0.25) is 13.8 Å². The van der Waals surface area contributed by atoms with Gasteiger partial charge in [-0.1, -0.05) is 240 Å². The summed E-state index contributed by atoms with van der Waals surface area (Å²) in [5.41, 5.74) is 0. The fourth-order valence-electron chi connectivity index (χ4n) is 8.07. The van der Waals surface area contributed by atoms with Crippen molar-refractivity contribution in [2.75, 3.05) is 40.9 Å². The van der Waals surface area contributed by atoms with E-state index in [9.17, 15) is 19.4 Å². The van der Waals surface area contributed by atoms with Crippen LogP contribution in [0.3, 0.4) is 0 Å². The molecule has 0 heterocycles. The monoisotopic (exact) mass is 1000 g/mol. The van der Waals surface area contributed by atoms with Crippen molar-refractivity contribution in [2.45, 2.75) is 257 Å². The van der Waals surface area contributed by atoms with E-state index in [1.54, 1.807) is 6.08 Å². The molecule has 0 aromatic carbocycles. The molecule has 8 nitrogen and oxygen atoms in total. The Bertz CT molecular complexity index is 1410. The van der Waals surface area contributed by atoms with Crippen LogP contribution in [-0.4, -0.2) is 73.4 Å². The third-order valence-corrected chi connectivity index (χ3v) is 13.6. The first-order chi connectivity index (χ1) is 34.0. The van der Waals surface area contributed by atoms with Gasteiger partial charge in [0.15, 0.2) is 0 Å². The SMILES string of the molecule is CC/C=C\C/C=C\C/C=C\C/C=C\CCCCCCCCCCCCCCC(=O)NC(COP(=O)(O)OCC[N+](C)(C)C)C(O)/C=C/CC/C=C/CC/C=C/CCCCCCCCCCCCCCC. The van der Waals surface area contributed by atoms with Crippen LogP contribution in [0.1, 0.15) is 245 Å². The smallest absolute Gasteiger partial charge is 0.387 e. The van der Waals surface area contributed by atoms with Gasteiger partial charge in [0.05, 0.1) is 39.9 Å². The van der Waals surface area contributed by atoms with E-state index in [2.05, 4.69) is 92.1 Å². The summed E-state index contributed by atoms with van der Waals surface area (Å²) in [7, 11) is 1.54. The van der Waals surface area contributed by atoms with Crippen LogP contribution in [0, 0.1) is 0 Å². The minimum Gasteiger partial charge on any atom is -0.387 e. The predicted octanol–water partition coefficient (Wildman–Crippen LogP) is 17.6. The lowest BCUT2D eigenvalue weighted by molar-refractivity contribution is -0.870. The van der Waals surface area contributed by atoms with Gasteiger partial charge in [0.1, 0.15) is 13.2 Å². The topological polar surface area (TPSA) is 105 Å². The van der Waals surface area contributed by atoms with E-state index < -0.39 is 20.0 Å². The average Bonchev–Trinajstić information content (AvgIpc) is 3.32. The normalized spacial score (nSPS) is 14.6.